The summed E-state index contributed by atoms with van der Waals surface area (Å²) in [6.07, 6.45) is 0. The van der Waals surface area contributed by atoms with Crippen molar-refractivity contribution < 1.29 is 4.42 Å². The summed E-state index contributed by atoms with van der Waals surface area (Å²) < 4.78 is 6.46. The molecule has 0 fully saturated rings. The van der Waals surface area contributed by atoms with E-state index in [-0.39, 0.29) is 0 Å². The van der Waals surface area contributed by atoms with Gasteiger partial charge in [0.15, 0.2) is 0 Å². The Kier molecular flexibility index (Phi) is 8.53. The fourth-order valence-corrected chi connectivity index (χ4v) is 9.40. The van der Waals surface area contributed by atoms with Crippen LogP contribution in [0.25, 0.3) is 98.8 Å². The van der Waals surface area contributed by atoms with Crippen molar-refractivity contribution in [2.24, 2.45) is 0 Å². The number of hydrogen-bond donors (Lipinski definition) is 0. The standard InChI is InChI=1S/C60H39NO/c1-2-12-44(13-3-1)53-22-11-23-56-57-38-46(32-37-59(57)62-60(53)56)42-26-24-40(25-27-42)41-28-33-48(34-29-41)61(58-39-47-15-5-7-18-52(47)54-19-8-9-20-55(54)58)49-35-30-45(31-36-49)51-21-10-16-43-14-4-6-17-50(43)51/h1-39H. The van der Waals surface area contributed by atoms with Gasteiger partial charge in [0.05, 0.1) is 5.69 Å². The molecule has 0 radical (unpaired) electrons. The predicted molar refractivity (Wildman–Crippen MR) is 263 cm³/mol. The Bertz CT molecular complexity index is 3600. The molecule has 0 saturated heterocycles. The highest BCUT2D eigenvalue weighted by molar-refractivity contribution is 6.15. The molecule has 1 heterocycles. The molecule has 0 N–H and O–H groups in total. The highest BCUT2D eigenvalue weighted by Crippen LogP contribution is 2.44. The molecule has 0 aliphatic heterocycles. The largest absolute Gasteiger partial charge is 0.455 e. The molecule has 11 aromatic carbocycles. The van der Waals surface area contributed by atoms with Gasteiger partial charge in [0, 0.05) is 33.1 Å². The van der Waals surface area contributed by atoms with Gasteiger partial charge in [0.2, 0.25) is 0 Å². The van der Waals surface area contributed by atoms with E-state index in [4.69, 9.17) is 4.42 Å². The van der Waals surface area contributed by atoms with Crippen LogP contribution in [0.5, 0.6) is 0 Å². The zero-order valence-corrected chi connectivity index (χ0v) is 33.9. The maximum absolute atomic E-state index is 6.46. The van der Waals surface area contributed by atoms with Crippen molar-refractivity contribution in [3.63, 3.8) is 0 Å². The van der Waals surface area contributed by atoms with Crippen LogP contribution in [-0.2, 0) is 0 Å². The van der Waals surface area contributed by atoms with Gasteiger partial charge < -0.3 is 9.32 Å². The smallest absolute Gasteiger partial charge is 0.143 e. The van der Waals surface area contributed by atoms with E-state index in [2.05, 4.69) is 235 Å². The summed E-state index contributed by atoms with van der Waals surface area (Å²) in [4.78, 5) is 2.41. The molecule has 0 saturated carbocycles. The van der Waals surface area contributed by atoms with Gasteiger partial charge in [-0.2, -0.15) is 0 Å². The van der Waals surface area contributed by atoms with Crippen LogP contribution in [0, 0.1) is 0 Å². The Morgan fingerprint density at radius 3 is 1.52 bits per heavy atom. The molecule has 0 aliphatic rings. The Labute approximate surface area is 360 Å². The first-order valence-electron chi connectivity index (χ1n) is 21.2. The number of hydrogen-bond acceptors (Lipinski definition) is 2. The predicted octanol–water partition coefficient (Wildman–Crippen LogP) is 17.2. The quantitative estimate of drug-likeness (QED) is 0.150. The van der Waals surface area contributed by atoms with Crippen molar-refractivity contribution in [3.8, 4) is 44.5 Å². The zero-order chi connectivity index (χ0) is 41.0. The van der Waals surface area contributed by atoms with E-state index in [1.807, 2.05) is 6.07 Å². The van der Waals surface area contributed by atoms with Gasteiger partial charge in [-0.25, -0.2) is 0 Å². The Hall–Kier alpha value is -8.20. The minimum absolute atomic E-state index is 0.898. The molecule has 0 spiro atoms. The lowest BCUT2D eigenvalue weighted by Gasteiger charge is -2.28. The summed E-state index contributed by atoms with van der Waals surface area (Å²) in [5.74, 6) is 0. The molecule has 0 unspecified atom stereocenters. The SMILES string of the molecule is c1ccc(-c2cccc3c2oc2ccc(-c4ccc(-c5ccc(N(c6ccc(-c7cccc8ccccc78)cc6)c6cc7ccccc7c7ccccc67)cc5)cc4)cc23)cc1. The van der Waals surface area contributed by atoms with Gasteiger partial charge in [-0.15, -0.1) is 0 Å². The second-order valence-corrected chi connectivity index (χ2v) is 16.1. The Morgan fingerprint density at radius 1 is 0.274 bits per heavy atom. The van der Waals surface area contributed by atoms with Crippen molar-refractivity contribution in [2.45, 2.75) is 0 Å². The van der Waals surface area contributed by atoms with Gasteiger partial charge in [-0.05, 0) is 108 Å². The molecular weight excluding hydrogens is 751 g/mol. The number of rotatable bonds is 7. The first-order valence-corrected chi connectivity index (χ1v) is 21.2. The van der Waals surface area contributed by atoms with Gasteiger partial charge in [0.1, 0.15) is 11.2 Å². The topological polar surface area (TPSA) is 16.4 Å². The highest BCUT2D eigenvalue weighted by Gasteiger charge is 2.19. The highest BCUT2D eigenvalue weighted by atomic mass is 16.3. The molecule has 2 nitrogen and oxygen atoms in total. The molecule has 2 heteroatoms. The number of furan rings is 1. The first-order chi connectivity index (χ1) is 30.7. The fourth-order valence-electron chi connectivity index (χ4n) is 9.40. The molecule has 12 rings (SSSR count). The van der Waals surface area contributed by atoms with Gasteiger partial charge in [0.25, 0.3) is 0 Å². The van der Waals surface area contributed by atoms with Crippen LogP contribution in [0.4, 0.5) is 17.1 Å². The van der Waals surface area contributed by atoms with Crippen molar-refractivity contribution in [1.82, 2.24) is 0 Å². The average molecular weight is 790 g/mol. The van der Waals surface area contributed by atoms with Crippen LogP contribution in [-0.4, -0.2) is 0 Å². The summed E-state index contributed by atoms with van der Waals surface area (Å²) in [7, 11) is 0. The molecule has 62 heavy (non-hydrogen) atoms. The summed E-state index contributed by atoms with van der Waals surface area (Å²) in [5, 5.41) is 9.69. The lowest BCUT2D eigenvalue weighted by Crippen LogP contribution is -2.10. The number of anilines is 3. The molecule has 12 aromatic rings. The van der Waals surface area contributed by atoms with Crippen molar-refractivity contribution >= 4 is 71.3 Å². The second kappa shape index (κ2) is 14.8. The van der Waals surface area contributed by atoms with Crippen LogP contribution in [0.3, 0.4) is 0 Å². The molecular formula is C60H39NO. The first kappa shape index (κ1) is 35.7. The normalized spacial score (nSPS) is 11.5. The number of benzene rings is 11. The number of para-hydroxylation sites is 1. The summed E-state index contributed by atoms with van der Waals surface area (Å²) in [6, 6.07) is 85.4. The van der Waals surface area contributed by atoms with Crippen LogP contribution in [0.2, 0.25) is 0 Å². The van der Waals surface area contributed by atoms with Gasteiger partial charge in [-0.1, -0.05) is 194 Å². The summed E-state index contributed by atoms with van der Waals surface area (Å²) in [6.45, 7) is 0. The van der Waals surface area contributed by atoms with E-state index in [9.17, 15) is 0 Å². The van der Waals surface area contributed by atoms with E-state index in [0.29, 0.717) is 0 Å². The van der Waals surface area contributed by atoms with Crippen molar-refractivity contribution in [1.29, 1.82) is 0 Å². The van der Waals surface area contributed by atoms with Crippen LogP contribution < -0.4 is 4.90 Å². The van der Waals surface area contributed by atoms with E-state index in [1.165, 1.54) is 60.1 Å². The van der Waals surface area contributed by atoms with E-state index >= 15 is 0 Å². The van der Waals surface area contributed by atoms with E-state index < -0.39 is 0 Å². The third-order valence-corrected chi connectivity index (χ3v) is 12.5. The maximum atomic E-state index is 6.46. The summed E-state index contributed by atoms with van der Waals surface area (Å²) in [5.41, 5.74) is 14.5. The average Bonchev–Trinajstić information content (AvgIpc) is 3.73. The minimum atomic E-state index is 0.898. The monoisotopic (exact) mass is 789 g/mol. The molecule has 0 atom stereocenters. The lowest BCUT2D eigenvalue weighted by molar-refractivity contribution is 0.670. The minimum Gasteiger partial charge on any atom is -0.455 e. The third-order valence-electron chi connectivity index (χ3n) is 12.5. The fraction of sp³-hybridized carbons (Fsp3) is 0. The van der Waals surface area contributed by atoms with Crippen LogP contribution in [0.15, 0.2) is 241 Å². The van der Waals surface area contributed by atoms with Crippen LogP contribution >= 0.6 is 0 Å². The third kappa shape index (κ3) is 6.12. The lowest BCUT2D eigenvalue weighted by atomic mass is 9.97. The van der Waals surface area contributed by atoms with Crippen LogP contribution in [0.1, 0.15) is 0 Å². The van der Waals surface area contributed by atoms with Gasteiger partial charge >= 0.3 is 0 Å². The second-order valence-electron chi connectivity index (χ2n) is 16.1. The summed E-state index contributed by atoms with van der Waals surface area (Å²) >= 11 is 0. The van der Waals surface area contributed by atoms with Crippen molar-refractivity contribution in [2.75, 3.05) is 4.90 Å². The zero-order valence-electron chi connectivity index (χ0n) is 33.9. The molecule has 290 valence electrons. The number of nitrogens with zero attached hydrogens (tertiary/aromatic N) is 1. The number of fused-ring (bicyclic) bond motifs is 7. The van der Waals surface area contributed by atoms with E-state index in [1.54, 1.807) is 0 Å². The van der Waals surface area contributed by atoms with Crippen molar-refractivity contribution in [3.05, 3.63) is 237 Å². The van der Waals surface area contributed by atoms with E-state index in [0.717, 1.165) is 55.7 Å². The Morgan fingerprint density at radius 2 is 0.774 bits per heavy atom. The molecule has 0 bridgehead atoms. The molecule has 1 aromatic heterocycles. The molecule has 0 amide bonds. The van der Waals surface area contributed by atoms with Gasteiger partial charge in [-0.3, -0.25) is 0 Å². The maximum Gasteiger partial charge on any atom is 0.143 e. The molecule has 0 aliphatic carbocycles. The Balaban J connectivity index is 0.904.